The highest BCUT2D eigenvalue weighted by Crippen LogP contribution is 2.36. The van der Waals surface area contributed by atoms with Gasteiger partial charge in [-0.05, 0) is 43.4 Å². The highest BCUT2D eigenvalue weighted by Gasteiger charge is 2.27. The largest absolute Gasteiger partial charge is 0.527 e. The number of phosphoric acid groups is 1. The van der Waals surface area contributed by atoms with E-state index in [0.717, 1.165) is 41.8 Å². The van der Waals surface area contributed by atoms with Gasteiger partial charge in [0.05, 0.1) is 19.0 Å². The molecular formula is C28H32N9O7P. The third kappa shape index (κ3) is 9.66. The maximum absolute atomic E-state index is 11.3. The summed E-state index contributed by atoms with van der Waals surface area (Å²) in [4.78, 5) is 46.5. The van der Waals surface area contributed by atoms with Crippen molar-refractivity contribution >= 4 is 42.8 Å². The van der Waals surface area contributed by atoms with Crippen LogP contribution in [0.4, 0.5) is 11.8 Å². The molecule has 0 unspecified atom stereocenters. The fraction of sp³-hybridized carbons (Fsp3) is 0.357. The van der Waals surface area contributed by atoms with E-state index in [1.54, 1.807) is 42.7 Å². The molecule has 0 saturated heterocycles. The van der Waals surface area contributed by atoms with E-state index in [-0.39, 0.29) is 36.7 Å². The number of benzene rings is 1. The van der Waals surface area contributed by atoms with Crippen LogP contribution in [0.5, 0.6) is 0 Å². The molecule has 2 aromatic heterocycles. The number of fused-ring (bicyclic) bond motifs is 1. The average molecular weight is 638 g/mol. The molecule has 45 heavy (non-hydrogen) atoms. The van der Waals surface area contributed by atoms with Crippen molar-refractivity contribution in [3.63, 3.8) is 0 Å². The van der Waals surface area contributed by atoms with Crippen LogP contribution in [0.1, 0.15) is 43.4 Å². The van der Waals surface area contributed by atoms with Crippen molar-refractivity contribution in [1.29, 1.82) is 10.5 Å². The summed E-state index contributed by atoms with van der Waals surface area (Å²) in [6.07, 6.45) is 10.5. The molecule has 0 spiro atoms. The number of aliphatic hydroxyl groups excluding tert-OH is 1. The van der Waals surface area contributed by atoms with Gasteiger partial charge in [-0.2, -0.15) is 26.0 Å². The number of imidazole rings is 1. The number of aliphatic hydroxyl groups is 1. The number of hydrogen-bond acceptors (Lipinski definition) is 13. The molecule has 2 heterocycles. The quantitative estimate of drug-likeness (QED) is 0.0763. The molecule has 17 heteroatoms. The summed E-state index contributed by atoms with van der Waals surface area (Å²) in [5.74, 6) is 0.0348. The number of aromatic nitrogens is 4. The van der Waals surface area contributed by atoms with Crippen LogP contribution in [-0.4, -0.2) is 59.1 Å². The number of hydroxylamine groups is 1. The fourth-order valence-electron chi connectivity index (χ4n) is 4.25. The number of allylic oxidation sites excluding steroid dienone is 2. The minimum atomic E-state index is -4.89. The molecule has 0 aliphatic heterocycles. The van der Waals surface area contributed by atoms with Crippen LogP contribution in [0.2, 0.25) is 0 Å². The van der Waals surface area contributed by atoms with Crippen LogP contribution in [-0.2, 0) is 25.3 Å². The number of nitrogens with zero attached hydrogens (tertiary/aromatic N) is 6. The standard InChI is InChI=1S/C14H18N6O.C14H14N3O6P/c15-14-18-12(17-9-2-3-9)11-13(19-14)20(7-16-11)10-4-1-8(5-10)6-21;1-10(14(18)23-24(19,20)21)17-22-9-12-4-2-11(3-5-12)6-13(7-15)8-16/h1,4,7-10,21H,2-3,5-6H2,(H3,15,17,18,19);2-6,10,17H,9H2,1H3,(H2,19,20,21)/t8-,10+;10-/m10/s1. The van der Waals surface area contributed by atoms with E-state index in [1.807, 2.05) is 10.6 Å². The number of rotatable bonds is 11. The van der Waals surface area contributed by atoms with E-state index in [9.17, 15) is 14.5 Å². The summed E-state index contributed by atoms with van der Waals surface area (Å²) in [5.41, 5.74) is 11.0. The fourth-order valence-corrected chi connectivity index (χ4v) is 4.65. The van der Waals surface area contributed by atoms with Crippen LogP contribution in [0.15, 0.2) is 48.3 Å². The first-order valence-corrected chi connectivity index (χ1v) is 15.4. The summed E-state index contributed by atoms with van der Waals surface area (Å²) in [5, 5.41) is 30.0. The summed E-state index contributed by atoms with van der Waals surface area (Å²) in [7, 11) is -4.89. The van der Waals surface area contributed by atoms with Gasteiger partial charge in [0, 0.05) is 18.6 Å². The normalized spacial score (nSPS) is 17.8. The average Bonchev–Trinajstić information content (AvgIpc) is 3.51. The van der Waals surface area contributed by atoms with Gasteiger partial charge in [0.1, 0.15) is 23.8 Å². The molecule has 16 nitrogen and oxygen atoms in total. The minimum absolute atomic E-state index is 0.0157. The van der Waals surface area contributed by atoms with Gasteiger partial charge >= 0.3 is 13.8 Å². The van der Waals surface area contributed by atoms with Gasteiger partial charge in [0.25, 0.3) is 0 Å². The maximum Gasteiger partial charge on any atom is 0.527 e. The molecule has 3 aromatic rings. The monoisotopic (exact) mass is 637 g/mol. The first kappa shape index (κ1) is 33.2. The molecule has 1 aromatic carbocycles. The smallest absolute Gasteiger partial charge is 0.396 e. The van der Waals surface area contributed by atoms with Gasteiger partial charge in [-0.15, -0.1) is 0 Å². The van der Waals surface area contributed by atoms with E-state index in [1.165, 1.54) is 13.0 Å². The molecule has 7 N–H and O–H groups in total. The number of carbonyl (C=O) groups is 1. The second-order valence-corrected chi connectivity index (χ2v) is 11.5. The lowest BCUT2D eigenvalue weighted by Gasteiger charge is -2.13. The Morgan fingerprint density at radius 3 is 2.53 bits per heavy atom. The first-order chi connectivity index (χ1) is 21.5. The summed E-state index contributed by atoms with van der Waals surface area (Å²) >= 11 is 0. The van der Waals surface area contributed by atoms with E-state index in [2.05, 4.69) is 36.3 Å². The predicted molar refractivity (Wildman–Crippen MR) is 161 cm³/mol. The number of nitrogens with one attached hydrogen (secondary N) is 2. The maximum atomic E-state index is 11.3. The van der Waals surface area contributed by atoms with Crippen molar-refractivity contribution in [3.05, 3.63) is 59.4 Å². The van der Waals surface area contributed by atoms with E-state index in [4.69, 9.17) is 30.9 Å². The zero-order valence-corrected chi connectivity index (χ0v) is 25.0. The van der Waals surface area contributed by atoms with E-state index in [0.29, 0.717) is 11.6 Å². The van der Waals surface area contributed by atoms with Crippen molar-refractivity contribution in [2.75, 3.05) is 17.7 Å². The second-order valence-electron chi connectivity index (χ2n) is 10.4. The molecule has 3 atom stereocenters. The van der Waals surface area contributed by atoms with Crippen molar-refractivity contribution in [2.45, 2.75) is 50.9 Å². The van der Waals surface area contributed by atoms with Gasteiger partial charge in [0.2, 0.25) is 5.95 Å². The lowest BCUT2D eigenvalue weighted by molar-refractivity contribution is -0.142. The molecule has 5 rings (SSSR count). The number of phosphoric ester groups is 1. The van der Waals surface area contributed by atoms with Crippen molar-refractivity contribution in [1.82, 2.24) is 25.0 Å². The van der Waals surface area contributed by atoms with Crippen LogP contribution >= 0.6 is 7.82 Å². The number of nitrogens with two attached hydrogens (primary N) is 1. The van der Waals surface area contributed by atoms with Crippen LogP contribution < -0.4 is 16.5 Å². The Balaban J connectivity index is 0.000000206. The lowest BCUT2D eigenvalue weighted by Crippen LogP contribution is -2.34. The molecule has 0 radical (unpaired) electrons. The Morgan fingerprint density at radius 2 is 1.93 bits per heavy atom. The molecule has 0 amide bonds. The predicted octanol–water partition coefficient (Wildman–Crippen LogP) is 2.26. The van der Waals surface area contributed by atoms with Gasteiger partial charge in [0.15, 0.2) is 17.0 Å². The Hall–Kier alpha value is -4.67. The Kier molecular flexibility index (Phi) is 11.0. The Bertz CT molecular complexity index is 1690. The Labute approximate surface area is 258 Å². The summed E-state index contributed by atoms with van der Waals surface area (Å²) < 4.78 is 16.4. The van der Waals surface area contributed by atoms with Crippen LogP contribution in [0.3, 0.4) is 0 Å². The molecular weight excluding hydrogens is 605 g/mol. The van der Waals surface area contributed by atoms with Gasteiger partial charge in [-0.3, -0.25) is 14.6 Å². The van der Waals surface area contributed by atoms with Crippen molar-refractivity contribution < 1.29 is 33.6 Å². The number of nitrogen functional groups attached to an aromatic ring is 1. The third-order valence-electron chi connectivity index (χ3n) is 6.69. The Morgan fingerprint density at radius 1 is 1.22 bits per heavy atom. The second kappa shape index (κ2) is 14.9. The van der Waals surface area contributed by atoms with E-state index >= 15 is 0 Å². The van der Waals surface area contributed by atoms with Gasteiger partial charge in [-0.25, -0.2) is 14.3 Å². The van der Waals surface area contributed by atoms with Crippen molar-refractivity contribution in [3.8, 4) is 12.1 Å². The van der Waals surface area contributed by atoms with Crippen LogP contribution in [0, 0.1) is 28.6 Å². The number of hydrogen-bond donors (Lipinski definition) is 6. The third-order valence-corrected chi connectivity index (χ3v) is 7.11. The number of anilines is 2. The molecule has 0 bridgehead atoms. The molecule has 1 saturated carbocycles. The van der Waals surface area contributed by atoms with Gasteiger partial charge in [-0.1, -0.05) is 36.4 Å². The zero-order chi connectivity index (χ0) is 32.6. The molecule has 2 aliphatic rings. The number of nitriles is 2. The lowest BCUT2D eigenvalue weighted by atomic mass is 10.1. The van der Waals surface area contributed by atoms with Crippen LogP contribution in [0.25, 0.3) is 17.2 Å². The highest BCUT2D eigenvalue weighted by molar-refractivity contribution is 7.46. The van der Waals surface area contributed by atoms with Crippen molar-refractivity contribution in [2.24, 2.45) is 5.92 Å². The molecule has 236 valence electrons. The molecule has 1 fully saturated rings. The first-order valence-electron chi connectivity index (χ1n) is 13.8. The minimum Gasteiger partial charge on any atom is -0.396 e. The highest BCUT2D eigenvalue weighted by atomic mass is 31.2. The SMILES string of the molecule is C[C@H](NOCc1ccc(C=C(C#N)C#N)cc1)C(=O)OP(=O)(O)O.Nc1nc(NC2CC2)c2ncn([C@H]3C=C[C@@H](CO)C3)c2n1. The topological polar surface area (TPSA) is 255 Å². The zero-order valence-electron chi connectivity index (χ0n) is 24.1. The van der Waals surface area contributed by atoms with E-state index < -0.39 is 19.8 Å². The number of carbonyl (C=O) groups excluding carboxylic acids is 1. The summed E-state index contributed by atoms with van der Waals surface area (Å²) in [6, 6.07) is 9.82. The molecule has 2 aliphatic carbocycles. The van der Waals surface area contributed by atoms with Gasteiger partial charge < -0.3 is 25.2 Å². The summed E-state index contributed by atoms with van der Waals surface area (Å²) in [6.45, 7) is 1.56.